The third-order valence-corrected chi connectivity index (χ3v) is 3.80. The summed E-state index contributed by atoms with van der Waals surface area (Å²) in [6, 6.07) is 10.7. The van der Waals surface area contributed by atoms with E-state index in [9.17, 15) is 8.78 Å². The maximum atomic E-state index is 12.6. The van der Waals surface area contributed by atoms with Gasteiger partial charge in [-0.15, -0.1) is 24.0 Å². The Kier molecular flexibility index (Phi) is 7.45. The molecule has 0 aliphatic carbocycles. The van der Waals surface area contributed by atoms with Gasteiger partial charge in [0.25, 0.3) is 0 Å². The standard InChI is InChI=1S/C18H19F2N3O3.HI/c1-2-11-4-3-5-13(6-11)23-18(21)22-9-12-7-15-16(25-10-24-15)8-14(12)26-17(19)20;/h3-8,17H,2,9-10H2,1H3,(H3,21,22,23);1H. The van der Waals surface area contributed by atoms with Crippen molar-refractivity contribution < 1.29 is 23.0 Å². The molecule has 0 radical (unpaired) electrons. The summed E-state index contributed by atoms with van der Waals surface area (Å²) in [5.74, 6) is 0.961. The molecule has 0 amide bonds. The number of fused-ring (bicyclic) bond motifs is 1. The molecule has 0 bridgehead atoms. The molecule has 0 spiro atoms. The molecule has 6 nitrogen and oxygen atoms in total. The average molecular weight is 491 g/mol. The Morgan fingerprint density at radius 1 is 1.26 bits per heavy atom. The lowest BCUT2D eigenvalue weighted by molar-refractivity contribution is -0.0505. The molecule has 0 aromatic heterocycles. The van der Waals surface area contributed by atoms with Crippen LogP contribution in [-0.4, -0.2) is 19.4 Å². The minimum Gasteiger partial charge on any atom is -0.454 e. The van der Waals surface area contributed by atoms with E-state index in [0.717, 1.165) is 17.7 Å². The zero-order chi connectivity index (χ0) is 18.5. The number of anilines is 1. The molecule has 0 unspecified atom stereocenters. The first-order valence-corrected chi connectivity index (χ1v) is 8.08. The van der Waals surface area contributed by atoms with E-state index in [0.29, 0.717) is 17.1 Å². The number of guanidine groups is 1. The van der Waals surface area contributed by atoms with Crippen LogP contribution in [0.25, 0.3) is 0 Å². The maximum Gasteiger partial charge on any atom is 0.387 e. The molecule has 0 saturated heterocycles. The summed E-state index contributed by atoms with van der Waals surface area (Å²) in [7, 11) is 0. The Balaban J connectivity index is 0.00000261. The summed E-state index contributed by atoms with van der Waals surface area (Å²) >= 11 is 0. The molecule has 2 aromatic carbocycles. The van der Waals surface area contributed by atoms with E-state index in [2.05, 4.69) is 22.0 Å². The third kappa shape index (κ3) is 5.59. The van der Waals surface area contributed by atoms with Gasteiger partial charge in [0.2, 0.25) is 6.79 Å². The SMILES string of the molecule is CCc1cccc(NC(N)=NCc2cc3c(cc2OC(F)F)OCO3)c1.I. The molecule has 2 aromatic rings. The Labute approximate surface area is 172 Å². The van der Waals surface area contributed by atoms with Crippen molar-refractivity contribution in [2.75, 3.05) is 12.1 Å². The number of aryl methyl sites for hydroxylation is 1. The van der Waals surface area contributed by atoms with Gasteiger partial charge in [0.05, 0.1) is 6.54 Å². The van der Waals surface area contributed by atoms with Crippen LogP contribution >= 0.6 is 24.0 Å². The van der Waals surface area contributed by atoms with Gasteiger partial charge in [-0.1, -0.05) is 19.1 Å². The smallest absolute Gasteiger partial charge is 0.387 e. The Bertz CT molecular complexity index is 818. The van der Waals surface area contributed by atoms with Gasteiger partial charge < -0.3 is 25.3 Å². The normalized spacial score (nSPS) is 12.7. The molecule has 3 N–H and O–H groups in total. The highest BCUT2D eigenvalue weighted by Gasteiger charge is 2.19. The second-order valence-electron chi connectivity index (χ2n) is 5.57. The highest BCUT2D eigenvalue weighted by atomic mass is 127. The van der Waals surface area contributed by atoms with E-state index in [1.54, 1.807) is 6.07 Å². The molecule has 0 fully saturated rings. The number of hydrogen-bond acceptors (Lipinski definition) is 4. The lowest BCUT2D eigenvalue weighted by Crippen LogP contribution is -2.22. The zero-order valence-corrected chi connectivity index (χ0v) is 16.9. The number of nitrogens with zero attached hydrogens (tertiary/aromatic N) is 1. The fourth-order valence-electron chi connectivity index (χ4n) is 2.52. The van der Waals surface area contributed by atoms with Gasteiger partial charge in [-0.2, -0.15) is 8.78 Å². The summed E-state index contributed by atoms with van der Waals surface area (Å²) in [5, 5.41) is 2.98. The lowest BCUT2D eigenvalue weighted by Gasteiger charge is -2.11. The van der Waals surface area contributed by atoms with Crippen LogP contribution in [0, 0.1) is 0 Å². The van der Waals surface area contributed by atoms with Crippen molar-refractivity contribution in [1.82, 2.24) is 0 Å². The van der Waals surface area contributed by atoms with E-state index in [1.165, 1.54) is 6.07 Å². The zero-order valence-electron chi connectivity index (χ0n) is 14.6. The first kappa shape index (κ1) is 21.0. The van der Waals surface area contributed by atoms with Crippen molar-refractivity contribution in [2.24, 2.45) is 10.7 Å². The summed E-state index contributed by atoms with van der Waals surface area (Å²) in [4.78, 5) is 4.20. The molecule has 9 heteroatoms. The van der Waals surface area contributed by atoms with Crippen molar-refractivity contribution >= 4 is 35.6 Å². The van der Waals surface area contributed by atoms with Crippen LogP contribution < -0.4 is 25.3 Å². The van der Waals surface area contributed by atoms with Crippen molar-refractivity contribution in [3.8, 4) is 17.2 Å². The minimum absolute atomic E-state index is 0. The monoisotopic (exact) mass is 491 g/mol. The predicted molar refractivity (Wildman–Crippen MR) is 109 cm³/mol. The Morgan fingerprint density at radius 3 is 2.70 bits per heavy atom. The predicted octanol–water partition coefficient (Wildman–Crippen LogP) is 4.12. The largest absolute Gasteiger partial charge is 0.454 e. The first-order chi connectivity index (χ1) is 12.5. The second-order valence-corrected chi connectivity index (χ2v) is 5.57. The molecular weight excluding hydrogens is 471 g/mol. The average Bonchev–Trinajstić information content (AvgIpc) is 3.06. The topological polar surface area (TPSA) is 78.1 Å². The van der Waals surface area contributed by atoms with Crippen LogP contribution in [0.5, 0.6) is 17.2 Å². The van der Waals surface area contributed by atoms with Gasteiger partial charge in [-0.05, 0) is 30.2 Å². The number of benzene rings is 2. The number of nitrogens with two attached hydrogens (primary N) is 1. The summed E-state index contributed by atoms with van der Waals surface area (Å²) in [6.45, 7) is -0.815. The lowest BCUT2D eigenvalue weighted by atomic mass is 10.1. The minimum atomic E-state index is -2.95. The van der Waals surface area contributed by atoms with Gasteiger partial charge >= 0.3 is 6.61 Å². The van der Waals surface area contributed by atoms with E-state index in [-0.39, 0.29) is 49.0 Å². The molecule has 27 heavy (non-hydrogen) atoms. The quantitative estimate of drug-likeness (QED) is 0.361. The van der Waals surface area contributed by atoms with Crippen LogP contribution in [0.15, 0.2) is 41.4 Å². The van der Waals surface area contributed by atoms with E-state index in [1.807, 2.05) is 24.3 Å². The van der Waals surface area contributed by atoms with Gasteiger partial charge in [0, 0.05) is 17.3 Å². The maximum absolute atomic E-state index is 12.6. The van der Waals surface area contributed by atoms with Gasteiger partial charge in [-0.3, -0.25) is 0 Å². The number of nitrogens with one attached hydrogen (secondary N) is 1. The van der Waals surface area contributed by atoms with Crippen LogP contribution in [0.2, 0.25) is 0 Å². The number of alkyl halides is 2. The van der Waals surface area contributed by atoms with Crippen LogP contribution in [0.4, 0.5) is 14.5 Å². The highest BCUT2D eigenvalue weighted by Crippen LogP contribution is 2.39. The highest BCUT2D eigenvalue weighted by molar-refractivity contribution is 14.0. The van der Waals surface area contributed by atoms with E-state index >= 15 is 0 Å². The van der Waals surface area contributed by atoms with Crippen molar-refractivity contribution in [3.63, 3.8) is 0 Å². The Hall–Kier alpha value is -2.30. The fraction of sp³-hybridized carbons (Fsp3) is 0.278. The summed E-state index contributed by atoms with van der Waals surface area (Å²) in [5.41, 5.74) is 8.29. The van der Waals surface area contributed by atoms with Crippen LogP contribution in [-0.2, 0) is 13.0 Å². The third-order valence-electron chi connectivity index (χ3n) is 3.80. The van der Waals surface area contributed by atoms with Gasteiger partial charge in [0.15, 0.2) is 17.5 Å². The second kappa shape index (κ2) is 9.58. The van der Waals surface area contributed by atoms with Crippen molar-refractivity contribution in [1.29, 1.82) is 0 Å². The van der Waals surface area contributed by atoms with E-state index in [4.69, 9.17) is 15.2 Å². The number of halogens is 3. The van der Waals surface area contributed by atoms with Crippen LogP contribution in [0.3, 0.4) is 0 Å². The van der Waals surface area contributed by atoms with Crippen molar-refractivity contribution in [3.05, 3.63) is 47.5 Å². The molecule has 0 atom stereocenters. The summed E-state index contributed by atoms with van der Waals surface area (Å²) < 4.78 is 40.3. The fourth-order valence-corrected chi connectivity index (χ4v) is 2.52. The first-order valence-electron chi connectivity index (χ1n) is 8.08. The van der Waals surface area contributed by atoms with Crippen molar-refractivity contribution in [2.45, 2.75) is 26.5 Å². The van der Waals surface area contributed by atoms with E-state index < -0.39 is 6.61 Å². The summed E-state index contributed by atoms with van der Waals surface area (Å²) in [6.07, 6.45) is 0.901. The molecule has 0 saturated carbocycles. The number of rotatable bonds is 6. The van der Waals surface area contributed by atoms with Crippen LogP contribution in [0.1, 0.15) is 18.1 Å². The molecular formula is C18H20F2IN3O3. The van der Waals surface area contributed by atoms with Gasteiger partial charge in [0.1, 0.15) is 5.75 Å². The molecule has 1 aliphatic rings. The number of ether oxygens (including phenoxy) is 3. The Morgan fingerprint density at radius 2 is 2.00 bits per heavy atom. The molecule has 1 heterocycles. The number of aliphatic imine (C=N–C) groups is 1. The molecule has 146 valence electrons. The number of hydrogen-bond donors (Lipinski definition) is 2. The molecule has 1 aliphatic heterocycles. The van der Waals surface area contributed by atoms with Gasteiger partial charge in [-0.25, -0.2) is 4.99 Å². The molecule has 3 rings (SSSR count).